The number of para-hydroxylation sites is 1. The zero-order chi connectivity index (χ0) is 19.2. The highest BCUT2D eigenvalue weighted by Crippen LogP contribution is 2.17. The van der Waals surface area contributed by atoms with Crippen molar-refractivity contribution in [3.63, 3.8) is 0 Å². The van der Waals surface area contributed by atoms with Crippen LogP contribution in [0.25, 0.3) is 0 Å². The van der Waals surface area contributed by atoms with Crippen LogP contribution in [0.3, 0.4) is 0 Å². The molecule has 0 saturated carbocycles. The van der Waals surface area contributed by atoms with E-state index >= 15 is 0 Å². The van der Waals surface area contributed by atoms with Crippen LogP contribution in [0.15, 0.2) is 54.6 Å². The number of nitrogens with zero attached hydrogens (tertiary/aromatic N) is 2. The average molecular weight is 399 g/mol. The van der Waals surface area contributed by atoms with Crippen LogP contribution in [0.5, 0.6) is 0 Å². The molecule has 0 unspecified atom stereocenters. The van der Waals surface area contributed by atoms with Gasteiger partial charge in [-0.2, -0.15) is 5.10 Å². The molecule has 28 heavy (non-hydrogen) atoms. The Morgan fingerprint density at radius 1 is 1.07 bits per heavy atom. The second-order valence-corrected chi connectivity index (χ2v) is 6.68. The molecule has 0 aliphatic rings. The van der Waals surface area contributed by atoms with Gasteiger partial charge in [0.05, 0.1) is 12.2 Å². The van der Waals surface area contributed by atoms with E-state index in [-0.39, 0.29) is 18.3 Å². The average Bonchev–Trinajstić information content (AvgIpc) is 2.98. The van der Waals surface area contributed by atoms with Crippen molar-refractivity contribution >= 4 is 24.0 Å². The lowest BCUT2D eigenvalue weighted by molar-refractivity contribution is 0.102. The molecule has 148 valence electrons. The van der Waals surface area contributed by atoms with Crippen molar-refractivity contribution in [3.05, 3.63) is 82.7 Å². The number of aryl methyl sites for hydroxylation is 2. The van der Waals surface area contributed by atoms with Gasteiger partial charge in [0.2, 0.25) is 0 Å². The Kier molecular flexibility index (Phi) is 7.79. The number of hydrogen-bond donors (Lipinski definition) is 2. The van der Waals surface area contributed by atoms with E-state index in [0.717, 1.165) is 41.3 Å². The predicted octanol–water partition coefficient (Wildman–Crippen LogP) is 4.33. The van der Waals surface area contributed by atoms with Crippen molar-refractivity contribution in [3.8, 4) is 0 Å². The highest BCUT2D eigenvalue weighted by molar-refractivity contribution is 6.04. The number of halogens is 1. The van der Waals surface area contributed by atoms with Crippen molar-refractivity contribution in [2.45, 2.75) is 33.9 Å². The molecule has 2 aromatic carbocycles. The van der Waals surface area contributed by atoms with Crippen LogP contribution in [-0.4, -0.2) is 22.2 Å². The first-order valence-electron chi connectivity index (χ1n) is 9.26. The maximum atomic E-state index is 12.8. The number of amides is 1. The van der Waals surface area contributed by atoms with Gasteiger partial charge in [0.15, 0.2) is 0 Å². The Hall–Kier alpha value is -2.63. The highest BCUT2D eigenvalue weighted by Gasteiger charge is 2.10. The molecular formula is C22H27ClN4O. The standard InChI is InChI=1S/C22H26N4O.ClH/c1-4-23-14-20-9-5-6-11-21(20)24-22(27)19-10-7-8-18(13-19)15-26-17(3)12-16(2)25-26;/h5-13,23H,4,14-15H2,1-3H3,(H,24,27);1H. The summed E-state index contributed by atoms with van der Waals surface area (Å²) in [6.45, 7) is 8.35. The van der Waals surface area contributed by atoms with Crippen molar-refractivity contribution in [1.82, 2.24) is 15.1 Å². The number of carbonyl (C=O) groups is 1. The summed E-state index contributed by atoms with van der Waals surface area (Å²) in [7, 11) is 0. The lowest BCUT2D eigenvalue weighted by Crippen LogP contribution is -2.17. The van der Waals surface area contributed by atoms with Gasteiger partial charge < -0.3 is 10.6 Å². The molecule has 6 heteroatoms. The summed E-state index contributed by atoms with van der Waals surface area (Å²) >= 11 is 0. The van der Waals surface area contributed by atoms with E-state index in [4.69, 9.17) is 0 Å². The first kappa shape index (κ1) is 21.7. The maximum Gasteiger partial charge on any atom is 0.255 e. The fraction of sp³-hybridized carbons (Fsp3) is 0.273. The van der Waals surface area contributed by atoms with Crippen LogP contribution in [0, 0.1) is 13.8 Å². The quantitative estimate of drug-likeness (QED) is 0.622. The Labute approximate surface area is 172 Å². The fourth-order valence-electron chi connectivity index (χ4n) is 3.07. The van der Waals surface area contributed by atoms with Gasteiger partial charge >= 0.3 is 0 Å². The predicted molar refractivity (Wildman–Crippen MR) is 116 cm³/mol. The zero-order valence-electron chi connectivity index (χ0n) is 16.5. The van der Waals surface area contributed by atoms with Crippen LogP contribution in [-0.2, 0) is 13.1 Å². The third kappa shape index (κ3) is 5.44. The van der Waals surface area contributed by atoms with Crippen molar-refractivity contribution < 1.29 is 4.79 Å². The third-order valence-electron chi connectivity index (χ3n) is 4.46. The summed E-state index contributed by atoms with van der Waals surface area (Å²) in [5.74, 6) is -0.103. The normalized spacial score (nSPS) is 10.4. The van der Waals surface area contributed by atoms with Crippen LogP contribution in [0.4, 0.5) is 5.69 Å². The summed E-state index contributed by atoms with van der Waals surface area (Å²) in [5, 5.41) is 10.8. The van der Waals surface area contributed by atoms with E-state index in [1.165, 1.54) is 0 Å². The molecule has 0 saturated heterocycles. The summed E-state index contributed by atoms with van der Waals surface area (Å²) in [6, 6.07) is 17.6. The lowest BCUT2D eigenvalue weighted by atomic mass is 10.1. The summed E-state index contributed by atoms with van der Waals surface area (Å²) in [4.78, 5) is 12.8. The molecule has 5 nitrogen and oxygen atoms in total. The number of aromatic nitrogens is 2. The highest BCUT2D eigenvalue weighted by atomic mass is 35.5. The number of hydrogen-bond acceptors (Lipinski definition) is 3. The van der Waals surface area contributed by atoms with Crippen LogP contribution >= 0.6 is 12.4 Å². The van der Waals surface area contributed by atoms with Crippen molar-refractivity contribution in [1.29, 1.82) is 0 Å². The molecular weight excluding hydrogens is 372 g/mol. The van der Waals surface area contributed by atoms with E-state index in [1.54, 1.807) is 0 Å². The molecule has 1 amide bonds. The van der Waals surface area contributed by atoms with Gasteiger partial charge in [-0.1, -0.05) is 37.3 Å². The summed E-state index contributed by atoms with van der Waals surface area (Å²) < 4.78 is 1.96. The smallest absolute Gasteiger partial charge is 0.255 e. The van der Waals surface area contributed by atoms with Gasteiger partial charge in [0.1, 0.15) is 0 Å². The topological polar surface area (TPSA) is 58.9 Å². The fourth-order valence-corrected chi connectivity index (χ4v) is 3.07. The van der Waals surface area contributed by atoms with Crippen LogP contribution in [0.2, 0.25) is 0 Å². The van der Waals surface area contributed by atoms with Crippen molar-refractivity contribution in [2.24, 2.45) is 0 Å². The largest absolute Gasteiger partial charge is 0.322 e. The SMILES string of the molecule is CCNCc1ccccc1NC(=O)c1cccc(Cn2nc(C)cc2C)c1.Cl. The van der Waals surface area contributed by atoms with Gasteiger partial charge in [-0.25, -0.2) is 0 Å². The molecule has 0 atom stereocenters. The van der Waals surface area contributed by atoms with Gasteiger partial charge in [-0.15, -0.1) is 12.4 Å². The molecule has 3 aromatic rings. The number of nitrogens with one attached hydrogen (secondary N) is 2. The minimum atomic E-state index is -0.103. The van der Waals surface area contributed by atoms with Crippen LogP contribution in [0.1, 0.15) is 39.8 Å². The molecule has 0 aliphatic carbocycles. The molecule has 2 N–H and O–H groups in total. The van der Waals surface area contributed by atoms with E-state index in [0.29, 0.717) is 12.1 Å². The van der Waals surface area contributed by atoms with E-state index in [1.807, 2.05) is 67.1 Å². The number of rotatable bonds is 7. The molecule has 0 bridgehead atoms. The Morgan fingerprint density at radius 3 is 2.57 bits per heavy atom. The summed E-state index contributed by atoms with van der Waals surface area (Å²) in [5.41, 5.74) is 5.72. The number of carbonyl (C=O) groups excluding carboxylic acids is 1. The second-order valence-electron chi connectivity index (χ2n) is 6.68. The van der Waals surface area contributed by atoms with Gasteiger partial charge in [0, 0.05) is 23.5 Å². The maximum absolute atomic E-state index is 12.8. The minimum Gasteiger partial charge on any atom is -0.322 e. The van der Waals surface area contributed by atoms with Crippen molar-refractivity contribution in [2.75, 3.05) is 11.9 Å². The number of benzene rings is 2. The Bertz CT molecular complexity index is 936. The first-order valence-corrected chi connectivity index (χ1v) is 9.26. The molecule has 0 spiro atoms. The molecule has 1 heterocycles. The number of anilines is 1. The van der Waals surface area contributed by atoms with Gasteiger partial charge in [0.25, 0.3) is 5.91 Å². The van der Waals surface area contributed by atoms with Gasteiger partial charge in [-0.05, 0) is 55.8 Å². The molecule has 0 fully saturated rings. The zero-order valence-corrected chi connectivity index (χ0v) is 17.3. The van der Waals surface area contributed by atoms with E-state index in [2.05, 4.69) is 28.7 Å². The Morgan fingerprint density at radius 2 is 1.86 bits per heavy atom. The molecule has 3 rings (SSSR count). The Balaban J connectivity index is 0.00000280. The molecule has 1 aromatic heterocycles. The molecule has 0 radical (unpaired) electrons. The monoisotopic (exact) mass is 398 g/mol. The first-order chi connectivity index (χ1) is 13.1. The van der Waals surface area contributed by atoms with Gasteiger partial charge in [-0.3, -0.25) is 9.48 Å². The second kappa shape index (κ2) is 10.1. The summed E-state index contributed by atoms with van der Waals surface area (Å²) in [6.07, 6.45) is 0. The van der Waals surface area contributed by atoms with E-state index < -0.39 is 0 Å². The minimum absolute atomic E-state index is 0. The van der Waals surface area contributed by atoms with E-state index in [9.17, 15) is 4.79 Å². The van der Waals surface area contributed by atoms with Crippen LogP contribution < -0.4 is 10.6 Å². The molecule has 0 aliphatic heterocycles. The lowest BCUT2D eigenvalue weighted by Gasteiger charge is -2.12. The third-order valence-corrected chi connectivity index (χ3v) is 4.46.